The number of benzene rings is 1. The molecule has 1 aromatic rings. The van der Waals surface area contributed by atoms with E-state index < -0.39 is 0 Å². The van der Waals surface area contributed by atoms with Crippen LogP contribution in [0.2, 0.25) is 5.02 Å². The zero-order chi connectivity index (χ0) is 14.5. The molecule has 1 unspecified atom stereocenters. The molecule has 110 valence electrons. The van der Waals surface area contributed by atoms with Gasteiger partial charge in [-0.25, -0.2) is 0 Å². The first-order chi connectivity index (χ1) is 9.59. The minimum atomic E-state index is 0.0709. The van der Waals surface area contributed by atoms with E-state index in [9.17, 15) is 4.79 Å². The van der Waals surface area contributed by atoms with Gasteiger partial charge in [-0.3, -0.25) is 4.79 Å². The second kappa shape index (κ2) is 6.95. The van der Waals surface area contributed by atoms with Crippen molar-refractivity contribution in [2.45, 2.75) is 6.92 Å². The summed E-state index contributed by atoms with van der Waals surface area (Å²) in [5.41, 5.74) is 0. The highest BCUT2D eigenvalue weighted by Gasteiger charge is 2.30. The van der Waals surface area contributed by atoms with Crippen molar-refractivity contribution in [2.24, 2.45) is 11.8 Å². The molecule has 1 atom stereocenters. The Balaban J connectivity index is 1.75. The maximum atomic E-state index is 12.2. The lowest BCUT2D eigenvalue weighted by atomic mass is 9.88. The molecule has 1 heterocycles. The van der Waals surface area contributed by atoms with Crippen LogP contribution in [0.1, 0.15) is 6.92 Å². The largest absolute Gasteiger partial charge is 0.490 e. The summed E-state index contributed by atoms with van der Waals surface area (Å²) in [7, 11) is 1.82. The van der Waals surface area contributed by atoms with Crippen LogP contribution in [-0.2, 0) is 4.79 Å². The van der Waals surface area contributed by atoms with Crippen molar-refractivity contribution in [3.8, 4) is 5.75 Å². The van der Waals surface area contributed by atoms with Gasteiger partial charge in [-0.15, -0.1) is 0 Å². The summed E-state index contributed by atoms with van der Waals surface area (Å²) in [5.74, 6) is 1.38. The number of ether oxygens (including phenoxy) is 1. The summed E-state index contributed by atoms with van der Waals surface area (Å²) in [5, 5.41) is 3.79. The molecule has 1 aliphatic heterocycles. The first-order valence-corrected chi connectivity index (χ1v) is 7.30. The van der Waals surface area contributed by atoms with Crippen molar-refractivity contribution in [1.82, 2.24) is 10.2 Å². The quantitative estimate of drug-likeness (QED) is 0.873. The number of amides is 1. The highest BCUT2D eigenvalue weighted by Crippen LogP contribution is 2.23. The average molecular weight is 297 g/mol. The molecule has 0 aromatic heterocycles. The Morgan fingerprint density at radius 1 is 1.50 bits per heavy atom. The molecule has 1 fully saturated rings. The topological polar surface area (TPSA) is 41.6 Å². The Kier molecular flexibility index (Phi) is 5.26. The smallest absolute Gasteiger partial charge is 0.225 e. The number of likely N-dealkylation sites (N-methyl/N-ethyl adjacent to an activating group) is 1. The second-order valence-corrected chi connectivity index (χ2v) is 5.65. The molecule has 1 aliphatic rings. The molecule has 1 saturated heterocycles. The number of halogens is 1. The van der Waals surface area contributed by atoms with Crippen molar-refractivity contribution in [2.75, 3.05) is 33.3 Å². The van der Waals surface area contributed by atoms with Crippen molar-refractivity contribution >= 4 is 17.5 Å². The van der Waals surface area contributed by atoms with E-state index in [0.29, 0.717) is 29.8 Å². The van der Waals surface area contributed by atoms with Crippen molar-refractivity contribution in [1.29, 1.82) is 0 Å². The van der Waals surface area contributed by atoms with Crippen LogP contribution in [-0.4, -0.2) is 44.1 Å². The first kappa shape index (κ1) is 15.1. The number of nitrogens with zero attached hydrogens (tertiary/aromatic N) is 1. The third-order valence-electron chi connectivity index (χ3n) is 3.81. The maximum Gasteiger partial charge on any atom is 0.225 e. The fourth-order valence-corrected chi connectivity index (χ4v) is 2.37. The number of hydrogen-bond acceptors (Lipinski definition) is 3. The Bertz CT molecular complexity index is 463. The fraction of sp³-hybridized carbons (Fsp3) is 0.533. The molecular weight excluding hydrogens is 276 g/mol. The molecule has 0 saturated carbocycles. The van der Waals surface area contributed by atoms with E-state index in [4.69, 9.17) is 16.3 Å². The Hall–Kier alpha value is -1.26. The molecule has 0 radical (unpaired) electrons. The summed E-state index contributed by atoms with van der Waals surface area (Å²) in [6, 6.07) is 7.35. The van der Waals surface area contributed by atoms with Crippen molar-refractivity contribution in [3.05, 3.63) is 29.3 Å². The van der Waals surface area contributed by atoms with Gasteiger partial charge in [0, 0.05) is 13.0 Å². The minimum Gasteiger partial charge on any atom is -0.490 e. The third-order valence-corrected chi connectivity index (χ3v) is 4.12. The molecule has 1 aromatic carbocycles. The highest BCUT2D eigenvalue weighted by atomic mass is 35.5. The van der Waals surface area contributed by atoms with E-state index in [1.165, 1.54) is 0 Å². The van der Waals surface area contributed by atoms with Crippen LogP contribution in [0.3, 0.4) is 0 Å². The first-order valence-electron chi connectivity index (χ1n) is 6.92. The molecule has 1 N–H and O–H groups in total. The van der Waals surface area contributed by atoms with Gasteiger partial charge in [0.05, 0.1) is 11.6 Å². The Morgan fingerprint density at radius 3 is 2.80 bits per heavy atom. The van der Waals surface area contributed by atoms with Crippen LogP contribution < -0.4 is 10.1 Å². The summed E-state index contributed by atoms with van der Waals surface area (Å²) in [6.07, 6.45) is 0. The lowest BCUT2D eigenvalue weighted by molar-refractivity contribution is -0.136. The maximum absolute atomic E-state index is 12.2. The van der Waals surface area contributed by atoms with E-state index in [1.54, 1.807) is 11.0 Å². The van der Waals surface area contributed by atoms with Gasteiger partial charge in [-0.2, -0.15) is 0 Å². The van der Waals surface area contributed by atoms with E-state index in [2.05, 4.69) is 5.32 Å². The van der Waals surface area contributed by atoms with Crippen LogP contribution in [0.4, 0.5) is 0 Å². The third kappa shape index (κ3) is 3.64. The molecule has 0 aliphatic carbocycles. The minimum absolute atomic E-state index is 0.0709. The Morgan fingerprint density at radius 2 is 2.20 bits per heavy atom. The predicted octanol–water partition coefficient (Wildman–Crippen LogP) is 2.03. The molecule has 1 amide bonds. The van der Waals surface area contributed by atoms with Gasteiger partial charge >= 0.3 is 0 Å². The van der Waals surface area contributed by atoms with Crippen molar-refractivity contribution in [3.63, 3.8) is 0 Å². The normalized spacial score (nSPS) is 16.4. The lowest BCUT2D eigenvalue weighted by Gasteiger charge is -2.33. The highest BCUT2D eigenvalue weighted by molar-refractivity contribution is 6.32. The summed E-state index contributed by atoms with van der Waals surface area (Å²) in [6.45, 7) is 4.89. The van der Waals surface area contributed by atoms with E-state index in [0.717, 1.165) is 13.1 Å². The van der Waals surface area contributed by atoms with Gasteiger partial charge in [-0.05, 0) is 31.1 Å². The van der Waals surface area contributed by atoms with Gasteiger partial charge < -0.3 is 15.0 Å². The van der Waals surface area contributed by atoms with Crippen LogP contribution in [0, 0.1) is 11.8 Å². The number of hydrogen-bond donors (Lipinski definition) is 1. The van der Waals surface area contributed by atoms with Gasteiger partial charge in [0.25, 0.3) is 0 Å². The van der Waals surface area contributed by atoms with Gasteiger partial charge in [0.15, 0.2) is 0 Å². The molecular formula is C15H21ClN2O2. The van der Waals surface area contributed by atoms with Crippen LogP contribution >= 0.6 is 11.6 Å². The molecule has 5 heteroatoms. The van der Waals surface area contributed by atoms with E-state index in [1.807, 2.05) is 32.2 Å². The molecule has 20 heavy (non-hydrogen) atoms. The standard InChI is InChI=1S/C15H21ClN2O2/c1-11(12-9-17-10-12)15(19)18(2)7-8-20-14-6-4-3-5-13(14)16/h3-6,11-12,17H,7-10H2,1-2H3. The molecule has 4 nitrogen and oxygen atoms in total. The molecule has 0 bridgehead atoms. The molecule has 2 rings (SSSR count). The zero-order valence-electron chi connectivity index (χ0n) is 11.9. The number of carbonyl (C=O) groups excluding carboxylic acids is 1. The second-order valence-electron chi connectivity index (χ2n) is 5.25. The van der Waals surface area contributed by atoms with Gasteiger partial charge in [0.2, 0.25) is 5.91 Å². The number of para-hydroxylation sites is 1. The van der Waals surface area contributed by atoms with E-state index in [-0.39, 0.29) is 11.8 Å². The van der Waals surface area contributed by atoms with Crippen LogP contribution in [0.15, 0.2) is 24.3 Å². The number of carbonyl (C=O) groups is 1. The van der Waals surface area contributed by atoms with Crippen LogP contribution in [0.25, 0.3) is 0 Å². The Labute approximate surface area is 125 Å². The lowest BCUT2D eigenvalue weighted by Crippen LogP contribution is -2.50. The SMILES string of the molecule is CC(C(=O)N(C)CCOc1ccccc1Cl)C1CNC1. The fourth-order valence-electron chi connectivity index (χ4n) is 2.18. The van der Waals surface area contributed by atoms with Gasteiger partial charge in [-0.1, -0.05) is 30.7 Å². The van der Waals surface area contributed by atoms with Crippen molar-refractivity contribution < 1.29 is 9.53 Å². The predicted molar refractivity (Wildman–Crippen MR) is 80.1 cm³/mol. The number of rotatable bonds is 6. The zero-order valence-corrected chi connectivity index (χ0v) is 12.7. The van der Waals surface area contributed by atoms with Gasteiger partial charge in [0.1, 0.15) is 12.4 Å². The summed E-state index contributed by atoms with van der Waals surface area (Å²) < 4.78 is 5.60. The number of nitrogens with one attached hydrogen (secondary N) is 1. The summed E-state index contributed by atoms with van der Waals surface area (Å²) >= 11 is 6.01. The average Bonchev–Trinajstić information content (AvgIpc) is 2.38. The summed E-state index contributed by atoms with van der Waals surface area (Å²) in [4.78, 5) is 13.9. The monoisotopic (exact) mass is 296 g/mol. The van der Waals surface area contributed by atoms with Crippen LogP contribution in [0.5, 0.6) is 5.75 Å². The molecule has 0 spiro atoms. The van der Waals surface area contributed by atoms with E-state index >= 15 is 0 Å².